The zero-order chi connectivity index (χ0) is 19.4. The normalized spacial score (nSPS) is 15.3. The Hall–Kier alpha value is -1.25. The SMILES string of the molecule is Cc1ccc(CN=C(N)NC(C)c2ccc(Cl)cc2Cl)c(N2CCCC2)n1.I. The minimum Gasteiger partial charge on any atom is -0.370 e. The summed E-state index contributed by atoms with van der Waals surface area (Å²) in [7, 11) is 0. The Bertz CT molecular complexity index is 837. The lowest BCUT2D eigenvalue weighted by Gasteiger charge is -2.20. The summed E-state index contributed by atoms with van der Waals surface area (Å²) in [5.74, 6) is 1.40. The quantitative estimate of drug-likeness (QED) is 0.319. The first-order chi connectivity index (χ1) is 12.9. The van der Waals surface area contributed by atoms with Gasteiger partial charge in [0.2, 0.25) is 0 Å². The Labute approximate surface area is 193 Å². The Morgan fingerprint density at radius 3 is 2.64 bits per heavy atom. The second-order valence-corrected chi connectivity index (χ2v) is 7.71. The van der Waals surface area contributed by atoms with Crippen LogP contribution < -0.4 is 16.0 Å². The predicted molar refractivity (Wildman–Crippen MR) is 129 cm³/mol. The van der Waals surface area contributed by atoms with E-state index in [2.05, 4.69) is 21.3 Å². The van der Waals surface area contributed by atoms with E-state index >= 15 is 0 Å². The molecule has 28 heavy (non-hydrogen) atoms. The van der Waals surface area contributed by atoms with Crippen molar-refractivity contribution in [3.8, 4) is 0 Å². The van der Waals surface area contributed by atoms with Gasteiger partial charge in [-0.05, 0) is 50.5 Å². The molecule has 1 saturated heterocycles. The van der Waals surface area contributed by atoms with Gasteiger partial charge in [0.25, 0.3) is 0 Å². The zero-order valence-electron chi connectivity index (χ0n) is 16.1. The van der Waals surface area contributed by atoms with Crippen LogP contribution >= 0.6 is 47.2 Å². The van der Waals surface area contributed by atoms with Crippen molar-refractivity contribution in [3.63, 3.8) is 0 Å². The molecule has 5 nitrogen and oxygen atoms in total. The van der Waals surface area contributed by atoms with E-state index in [-0.39, 0.29) is 30.0 Å². The van der Waals surface area contributed by atoms with Crippen molar-refractivity contribution in [2.45, 2.75) is 39.3 Å². The van der Waals surface area contributed by atoms with E-state index in [0.29, 0.717) is 22.5 Å². The third-order valence-electron chi connectivity index (χ3n) is 4.71. The van der Waals surface area contributed by atoms with Crippen molar-refractivity contribution in [1.29, 1.82) is 0 Å². The van der Waals surface area contributed by atoms with Crippen LogP contribution in [-0.4, -0.2) is 24.0 Å². The first-order valence-electron chi connectivity index (χ1n) is 9.17. The fourth-order valence-electron chi connectivity index (χ4n) is 3.27. The summed E-state index contributed by atoms with van der Waals surface area (Å²) in [6.07, 6.45) is 2.42. The fourth-order valence-corrected chi connectivity index (χ4v) is 3.84. The summed E-state index contributed by atoms with van der Waals surface area (Å²) < 4.78 is 0. The summed E-state index contributed by atoms with van der Waals surface area (Å²) in [6.45, 7) is 6.58. The van der Waals surface area contributed by atoms with Crippen molar-refractivity contribution in [2.24, 2.45) is 10.7 Å². The van der Waals surface area contributed by atoms with Gasteiger partial charge in [-0.2, -0.15) is 0 Å². The number of hydrogen-bond donors (Lipinski definition) is 2. The minimum atomic E-state index is -0.0762. The van der Waals surface area contributed by atoms with Gasteiger partial charge in [-0.15, -0.1) is 24.0 Å². The highest BCUT2D eigenvalue weighted by Gasteiger charge is 2.17. The van der Waals surface area contributed by atoms with Crippen LogP contribution in [0.25, 0.3) is 0 Å². The average Bonchev–Trinajstić information content (AvgIpc) is 3.15. The van der Waals surface area contributed by atoms with Crippen molar-refractivity contribution in [1.82, 2.24) is 10.3 Å². The third kappa shape index (κ3) is 5.87. The fraction of sp³-hybridized carbons (Fsp3) is 0.400. The number of nitrogens with one attached hydrogen (secondary N) is 1. The molecule has 8 heteroatoms. The van der Waals surface area contributed by atoms with Crippen molar-refractivity contribution in [3.05, 3.63) is 57.2 Å². The Morgan fingerprint density at radius 1 is 1.25 bits per heavy atom. The van der Waals surface area contributed by atoms with E-state index in [4.69, 9.17) is 33.9 Å². The first-order valence-corrected chi connectivity index (χ1v) is 9.92. The minimum absolute atomic E-state index is 0. The van der Waals surface area contributed by atoms with Gasteiger partial charge in [0.1, 0.15) is 5.82 Å². The Morgan fingerprint density at radius 2 is 1.96 bits per heavy atom. The number of halogens is 3. The highest BCUT2D eigenvalue weighted by atomic mass is 127. The second kappa shape index (κ2) is 10.5. The number of pyridine rings is 1. The number of benzene rings is 1. The van der Waals surface area contributed by atoms with Gasteiger partial charge in [-0.3, -0.25) is 0 Å². The lowest BCUT2D eigenvalue weighted by molar-refractivity contribution is 0.707. The van der Waals surface area contributed by atoms with Gasteiger partial charge in [0.05, 0.1) is 12.6 Å². The summed E-state index contributed by atoms with van der Waals surface area (Å²) in [5.41, 5.74) is 9.14. The topological polar surface area (TPSA) is 66.5 Å². The summed E-state index contributed by atoms with van der Waals surface area (Å²) in [4.78, 5) is 11.6. The van der Waals surface area contributed by atoms with Gasteiger partial charge in [-0.1, -0.05) is 35.3 Å². The van der Waals surface area contributed by atoms with E-state index in [1.54, 1.807) is 6.07 Å². The Balaban J connectivity index is 0.00000280. The highest BCUT2D eigenvalue weighted by Crippen LogP contribution is 2.26. The molecule has 1 aromatic carbocycles. The molecule has 3 N–H and O–H groups in total. The van der Waals surface area contributed by atoms with Crippen molar-refractivity contribution < 1.29 is 0 Å². The Kier molecular flexibility index (Phi) is 8.64. The van der Waals surface area contributed by atoms with E-state index in [1.165, 1.54) is 12.8 Å². The molecule has 0 radical (unpaired) electrons. The highest BCUT2D eigenvalue weighted by molar-refractivity contribution is 14.0. The molecular weight excluding hydrogens is 508 g/mol. The predicted octanol–water partition coefficient (Wildman–Crippen LogP) is 5.08. The number of hydrogen-bond acceptors (Lipinski definition) is 3. The molecule has 0 spiro atoms. The van der Waals surface area contributed by atoms with Crippen LogP contribution in [0.15, 0.2) is 35.3 Å². The van der Waals surface area contributed by atoms with Crippen LogP contribution in [0.3, 0.4) is 0 Å². The molecule has 1 aliphatic rings. The van der Waals surface area contributed by atoms with E-state index in [9.17, 15) is 0 Å². The third-order valence-corrected chi connectivity index (χ3v) is 5.28. The molecule has 152 valence electrons. The molecule has 0 saturated carbocycles. The summed E-state index contributed by atoms with van der Waals surface area (Å²) in [5, 5.41) is 4.41. The van der Waals surface area contributed by atoms with Crippen LogP contribution in [0, 0.1) is 6.92 Å². The number of aromatic nitrogens is 1. The van der Waals surface area contributed by atoms with Gasteiger partial charge in [0, 0.05) is 34.4 Å². The number of aliphatic imine (C=N–C) groups is 1. The van der Waals surface area contributed by atoms with Crippen LogP contribution in [-0.2, 0) is 6.54 Å². The molecule has 1 aromatic heterocycles. The maximum atomic E-state index is 6.27. The summed E-state index contributed by atoms with van der Waals surface area (Å²) in [6, 6.07) is 9.47. The standard InChI is InChI=1S/C20H25Cl2N5.HI/c1-13-5-6-15(19(25-13)27-9-3-4-10-27)12-24-20(23)26-14(2)17-8-7-16(21)11-18(17)22;/h5-8,11,14H,3-4,9-10,12H2,1-2H3,(H3,23,24,26);1H. The van der Waals surface area contributed by atoms with Crippen molar-refractivity contribution in [2.75, 3.05) is 18.0 Å². The largest absolute Gasteiger partial charge is 0.370 e. The number of anilines is 1. The molecule has 0 bridgehead atoms. The molecule has 2 heterocycles. The van der Waals surface area contributed by atoms with E-state index in [0.717, 1.165) is 35.7 Å². The second-order valence-electron chi connectivity index (χ2n) is 6.86. The smallest absolute Gasteiger partial charge is 0.189 e. The van der Waals surface area contributed by atoms with Gasteiger partial charge in [-0.25, -0.2) is 9.98 Å². The lowest BCUT2D eigenvalue weighted by Crippen LogP contribution is -2.34. The van der Waals surface area contributed by atoms with Crippen molar-refractivity contribution >= 4 is 59.0 Å². The van der Waals surface area contributed by atoms with Gasteiger partial charge < -0.3 is 16.0 Å². The van der Waals surface area contributed by atoms with E-state index < -0.39 is 0 Å². The molecular formula is C20H26Cl2IN5. The number of guanidine groups is 1. The molecule has 2 aromatic rings. The number of rotatable bonds is 5. The van der Waals surface area contributed by atoms with Crippen LogP contribution in [0.5, 0.6) is 0 Å². The van der Waals surface area contributed by atoms with E-state index in [1.807, 2.05) is 32.0 Å². The van der Waals surface area contributed by atoms with Crippen LogP contribution in [0.4, 0.5) is 5.82 Å². The molecule has 1 atom stereocenters. The monoisotopic (exact) mass is 533 g/mol. The zero-order valence-corrected chi connectivity index (χ0v) is 19.9. The van der Waals surface area contributed by atoms with Crippen LogP contribution in [0.1, 0.15) is 42.6 Å². The molecule has 1 fully saturated rings. The maximum Gasteiger partial charge on any atom is 0.189 e. The number of nitrogens with two attached hydrogens (primary N) is 1. The average molecular weight is 534 g/mol. The van der Waals surface area contributed by atoms with Crippen LogP contribution in [0.2, 0.25) is 10.0 Å². The molecule has 3 rings (SSSR count). The van der Waals surface area contributed by atoms with Gasteiger partial charge >= 0.3 is 0 Å². The first kappa shape index (κ1) is 23.0. The molecule has 1 unspecified atom stereocenters. The van der Waals surface area contributed by atoms with Gasteiger partial charge in [0.15, 0.2) is 5.96 Å². The number of aryl methyl sites for hydroxylation is 1. The lowest BCUT2D eigenvalue weighted by atomic mass is 10.1. The number of nitrogens with zero attached hydrogens (tertiary/aromatic N) is 3. The molecule has 1 aliphatic heterocycles. The molecule has 0 aliphatic carbocycles. The summed E-state index contributed by atoms with van der Waals surface area (Å²) >= 11 is 12.2. The maximum absolute atomic E-state index is 6.27. The molecule has 0 amide bonds.